The van der Waals surface area contributed by atoms with Crippen LogP contribution in [0, 0.1) is 11.8 Å². The largest absolute Gasteiger partial charge is 0.362 e. The maximum atomic E-state index is 4.82. The van der Waals surface area contributed by atoms with Gasteiger partial charge in [0.2, 0.25) is 5.95 Å². The molecule has 1 aliphatic rings. The molecule has 0 spiro atoms. The van der Waals surface area contributed by atoms with E-state index in [-0.39, 0.29) is 0 Å². The molecular formula is C29H41N5. The molecule has 0 radical (unpaired) electrons. The van der Waals surface area contributed by atoms with E-state index in [1.165, 1.54) is 37.7 Å². The Bertz CT molecular complexity index is 1030. The van der Waals surface area contributed by atoms with Gasteiger partial charge in [0.15, 0.2) is 0 Å². The zero-order chi connectivity index (χ0) is 23.9. The second kappa shape index (κ2) is 11.7. The number of hydrogen-bond donors (Lipinski definition) is 2. The van der Waals surface area contributed by atoms with Crippen LogP contribution in [-0.4, -0.2) is 43.2 Å². The summed E-state index contributed by atoms with van der Waals surface area (Å²) in [5.41, 5.74) is 2.45. The van der Waals surface area contributed by atoms with Crippen molar-refractivity contribution in [3.05, 3.63) is 60.2 Å². The summed E-state index contributed by atoms with van der Waals surface area (Å²) in [6, 6.07) is 19.6. The average Bonchev–Trinajstić information content (AvgIpc) is 2.85. The predicted molar refractivity (Wildman–Crippen MR) is 145 cm³/mol. The third-order valence-corrected chi connectivity index (χ3v) is 7.24. The topological polar surface area (TPSA) is 53.1 Å². The van der Waals surface area contributed by atoms with Crippen LogP contribution in [-0.2, 0) is 0 Å². The van der Waals surface area contributed by atoms with Crippen LogP contribution in [0.2, 0.25) is 0 Å². The van der Waals surface area contributed by atoms with Gasteiger partial charge in [-0.2, -0.15) is 4.98 Å². The molecule has 4 rings (SSSR count). The highest BCUT2D eigenvalue weighted by Gasteiger charge is 2.22. The van der Waals surface area contributed by atoms with Crippen molar-refractivity contribution in [3.8, 4) is 0 Å². The van der Waals surface area contributed by atoms with Gasteiger partial charge in [0, 0.05) is 25.5 Å². The summed E-state index contributed by atoms with van der Waals surface area (Å²) in [4.78, 5) is 11.7. The molecule has 1 aliphatic carbocycles. The Hall–Kier alpha value is -2.66. The molecule has 1 saturated carbocycles. The van der Waals surface area contributed by atoms with E-state index in [1.54, 1.807) is 0 Å². The molecule has 34 heavy (non-hydrogen) atoms. The van der Waals surface area contributed by atoms with E-state index < -0.39 is 0 Å². The number of nitrogens with zero attached hydrogens (tertiary/aromatic N) is 3. The second-order valence-electron chi connectivity index (χ2n) is 10.5. The molecule has 3 aromatic rings. The average molecular weight is 460 g/mol. The van der Waals surface area contributed by atoms with E-state index in [0.29, 0.717) is 17.9 Å². The van der Waals surface area contributed by atoms with E-state index >= 15 is 0 Å². The normalized spacial score (nSPS) is 20.1. The molecule has 0 aliphatic heterocycles. The maximum Gasteiger partial charge on any atom is 0.225 e. The zero-order valence-corrected chi connectivity index (χ0v) is 21.3. The zero-order valence-electron chi connectivity index (χ0n) is 21.3. The third kappa shape index (κ3) is 6.47. The maximum absolute atomic E-state index is 4.82. The molecule has 0 bridgehead atoms. The molecule has 5 nitrogen and oxygen atoms in total. The number of aromatic nitrogens is 2. The van der Waals surface area contributed by atoms with Gasteiger partial charge in [0.05, 0.1) is 5.52 Å². The highest BCUT2D eigenvalue weighted by atomic mass is 15.2. The molecule has 0 amide bonds. The molecule has 2 aromatic carbocycles. The van der Waals surface area contributed by atoms with Gasteiger partial charge in [-0.1, -0.05) is 56.3 Å². The van der Waals surface area contributed by atoms with E-state index in [4.69, 9.17) is 9.97 Å². The SMILES string of the molecule is CC(CNCC1CCC(Nc2nc(N(C)C)c3ccccc3n2)CC1)CC(C)c1ccccc1. The minimum atomic E-state index is 0.457. The van der Waals surface area contributed by atoms with Crippen molar-refractivity contribution in [2.45, 2.75) is 57.9 Å². The van der Waals surface area contributed by atoms with Gasteiger partial charge in [-0.25, -0.2) is 4.98 Å². The van der Waals surface area contributed by atoms with Gasteiger partial charge in [-0.3, -0.25) is 0 Å². The first-order valence-corrected chi connectivity index (χ1v) is 13.0. The van der Waals surface area contributed by atoms with Gasteiger partial charge < -0.3 is 15.5 Å². The molecule has 1 aromatic heterocycles. The minimum absolute atomic E-state index is 0.457. The van der Waals surface area contributed by atoms with Gasteiger partial charge in [0.1, 0.15) is 5.82 Å². The van der Waals surface area contributed by atoms with E-state index in [2.05, 4.69) is 71.8 Å². The fourth-order valence-electron chi connectivity index (χ4n) is 5.30. The first-order chi connectivity index (χ1) is 16.5. The number of benzene rings is 2. The number of fused-ring (bicyclic) bond motifs is 1. The van der Waals surface area contributed by atoms with E-state index in [1.807, 2.05) is 26.2 Å². The van der Waals surface area contributed by atoms with Crippen LogP contribution < -0.4 is 15.5 Å². The molecule has 2 N–H and O–H groups in total. The molecule has 2 atom stereocenters. The van der Waals surface area contributed by atoms with Gasteiger partial charge in [-0.05, 0) is 80.6 Å². The lowest BCUT2D eigenvalue weighted by atomic mass is 9.86. The van der Waals surface area contributed by atoms with E-state index in [0.717, 1.165) is 41.7 Å². The van der Waals surface area contributed by atoms with Crippen LogP contribution in [0.4, 0.5) is 11.8 Å². The highest BCUT2D eigenvalue weighted by Crippen LogP contribution is 2.28. The summed E-state index contributed by atoms with van der Waals surface area (Å²) in [7, 11) is 4.08. The summed E-state index contributed by atoms with van der Waals surface area (Å²) in [5, 5.41) is 8.49. The van der Waals surface area contributed by atoms with Gasteiger partial charge >= 0.3 is 0 Å². The summed E-state index contributed by atoms with van der Waals surface area (Å²) in [6.07, 6.45) is 6.11. The molecule has 2 unspecified atom stereocenters. The quantitative estimate of drug-likeness (QED) is 0.384. The van der Waals surface area contributed by atoms with Crippen LogP contribution in [0.15, 0.2) is 54.6 Å². The van der Waals surface area contributed by atoms with Crippen LogP contribution in [0.5, 0.6) is 0 Å². The number of hydrogen-bond acceptors (Lipinski definition) is 5. The molecular weight excluding hydrogens is 418 g/mol. The van der Waals surface area contributed by atoms with E-state index in [9.17, 15) is 0 Å². The highest BCUT2D eigenvalue weighted by molar-refractivity contribution is 5.90. The number of nitrogens with one attached hydrogen (secondary N) is 2. The Labute approximate surface area is 205 Å². The van der Waals surface area contributed by atoms with Crippen molar-refractivity contribution >= 4 is 22.7 Å². The minimum Gasteiger partial charge on any atom is -0.362 e. The summed E-state index contributed by atoms with van der Waals surface area (Å²) >= 11 is 0. The summed E-state index contributed by atoms with van der Waals surface area (Å²) < 4.78 is 0. The first-order valence-electron chi connectivity index (χ1n) is 13.0. The molecule has 1 heterocycles. The van der Waals surface area contributed by atoms with Crippen LogP contribution >= 0.6 is 0 Å². The van der Waals surface area contributed by atoms with Crippen LogP contribution in [0.3, 0.4) is 0 Å². The second-order valence-corrected chi connectivity index (χ2v) is 10.5. The lowest BCUT2D eigenvalue weighted by molar-refractivity contribution is 0.315. The Morgan fingerprint density at radius 1 is 0.912 bits per heavy atom. The predicted octanol–water partition coefficient (Wildman–Crippen LogP) is 6.09. The number of anilines is 2. The number of para-hydroxylation sites is 1. The Kier molecular flexibility index (Phi) is 8.39. The fourth-order valence-corrected chi connectivity index (χ4v) is 5.30. The lowest BCUT2D eigenvalue weighted by Gasteiger charge is -2.30. The van der Waals surface area contributed by atoms with Crippen molar-refractivity contribution < 1.29 is 0 Å². The Morgan fingerprint density at radius 2 is 1.62 bits per heavy atom. The summed E-state index contributed by atoms with van der Waals surface area (Å²) in [5.74, 6) is 3.80. The monoisotopic (exact) mass is 459 g/mol. The smallest absolute Gasteiger partial charge is 0.225 e. The molecule has 0 saturated heterocycles. The van der Waals surface area contributed by atoms with Crippen molar-refractivity contribution in [2.24, 2.45) is 11.8 Å². The summed E-state index contributed by atoms with van der Waals surface area (Å²) in [6.45, 7) is 6.96. The van der Waals surface area contributed by atoms with Crippen molar-refractivity contribution in [1.82, 2.24) is 15.3 Å². The number of rotatable bonds is 10. The standard InChI is InChI=1S/C29H41N5/c1-21(18-22(2)24-10-6-5-7-11-24)19-30-20-23-14-16-25(17-15-23)31-29-32-27-13-9-8-12-26(27)28(33-29)34(3)4/h5-13,21-23,25,30H,14-20H2,1-4H3,(H,31,32,33). The van der Waals surface area contributed by atoms with Crippen LogP contribution in [0.1, 0.15) is 57.4 Å². The van der Waals surface area contributed by atoms with Crippen molar-refractivity contribution in [1.29, 1.82) is 0 Å². The van der Waals surface area contributed by atoms with Crippen LogP contribution in [0.25, 0.3) is 10.9 Å². The lowest BCUT2D eigenvalue weighted by Crippen LogP contribution is -2.33. The Balaban J connectivity index is 1.20. The molecule has 5 heteroatoms. The Morgan fingerprint density at radius 3 is 2.35 bits per heavy atom. The molecule has 1 fully saturated rings. The van der Waals surface area contributed by atoms with Crippen molar-refractivity contribution in [2.75, 3.05) is 37.4 Å². The van der Waals surface area contributed by atoms with Crippen molar-refractivity contribution in [3.63, 3.8) is 0 Å². The fraction of sp³-hybridized carbons (Fsp3) is 0.517. The van der Waals surface area contributed by atoms with Gasteiger partial charge in [0.25, 0.3) is 0 Å². The first kappa shape index (κ1) is 24.5. The van der Waals surface area contributed by atoms with Gasteiger partial charge in [-0.15, -0.1) is 0 Å². The third-order valence-electron chi connectivity index (χ3n) is 7.24. The molecule has 182 valence electrons.